The Morgan fingerprint density at radius 1 is 1.07 bits per heavy atom. The minimum Gasteiger partial charge on any atom is -0.338 e. The quantitative estimate of drug-likeness (QED) is 0.636. The van der Waals surface area contributed by atoms with E-state index < -0.39 is 15.8 Å². The molecule has 0 aliphatic carbocycles. The Morgan fingerprint density at radius 2 is 1.79 bits per heavy atom. The van der Waals surface area contributed by atoms with Crippen molar-refractivity contribution in [3.8, 4) is 11.4 Å². The highest BCUT2D eigenvalue weighted by molar-refractivity contribution is 7.89. The Labute approximate surface area is 168 Å². The van der Waals surface area contributed by atoms with Crippen molar-refractivity contribution >= 4 is 10.0 Å². The second-order valence-electron chi connectivity index (χ2n) is 7.02. The van der Waals surface area contributed by atoms with Crippen LogP contribution in [-0.2, 0) is 16.6 Å². The first-order valence-electron chi connectivity index (χ1n) is 9.29. The molecule has 0 spiro atoms. The second kappa shape index (κ2) is 8.02. The minimum absolute atomic E-state index is 0.0226. The zero-order chi connectivity index (χ0) is 20.4. The van der Waals surface area contributed by atoms with Crippen LogP contribution in [0.5, 0.6) is 0 Å². The van der Waals surface area contributed by atoms with Gasteiger partial charge in [0.25, 0.3) is 0 Å². The van der Waals surface area contributed by atoms with Gasteiger partial charge in [-0.2, -0.15) is 9.29 Å². The summed E-state index contributed by atoms with van der Waals surface area (Å²) in [6.45, 7) is 4.15. The number of aryl methyl sites for hydroxylation is 1. The van der Waals surface area contributed by atoms with Crippen LogP contribution in [0.25, 0.3) is 11.4 Å². The summed E-state index contributed by atoms with van der Waals surface area (Å²) < 4.78 is 45.5. The van der Waals surface area contributed by atoms with Crippen molar-refractivity contribution in [3.63, 3.8) is 0 Å². The maximum Gasteiger partial charge on any atom is 0.243 e. The van der Waals surface area contributed by atoms with Crippen molar-refractivity contribution in [2.75, 3.05) is 26.2 Å². The van der Waals surface area contributed by atoms with Crippen LogP contribution in [0, 0.1) is 12.7 Å². The van der Waals surface area contributed by atoms with Crippen LogP contribution < -0.4 is 0 Å². The highest BCUT2D eigenvalue weighted by Gasteiger charge is 2.29. The van der Waals surface area contributed by atoms with Gasteiger partial charge in [0, 0.05) is 31.7 Å². The first-order valence-corrected chi connectivity index (χ1v) is 10.7. The Kier molecular flexibility index (Phi) is 5.44. The zero-order valence-corrected chi connectivity index (χ0v) is 16.8. The smallest absolute Gasteiger partial charge is 0.243 e. The van der Waals surface area contributed by atoms with Gasteiger partial charge in [-0.05, 0) is 25.1 Å². The van der Waals surface area contributed by atoms with E-state index in [1.165, 1.54) is 22.5 Å². The van der Waals surface area contributed by atoms with Gasteiger partial charge in [-0.15, -0.1) is 0 Å². The highest BCUT2D eigenvalue weighted by atomic mass is 32.2. The molecule has 1 aromatic heterocycles. The lowest BCUT2D eigenvalue weighted by molar-refractivity contribution is 0.163. The molecule has 0 amide bonds. The first-order chi connectivity index (χ1) is 13.9. The molecule has 1 aliphatic rings. The molecular weight excluding hydrogens is 395 g/mol. The topological polar surface area (TPSA) is 79.5 Å². The molecule has 1 aliphatic heterocycles. The Balaban J connectivity index is 1.37. The van der Waals surface area contributed by atoms with Crippen LogP contribution in [0.4, 0.5) is 4.39 Å². The highest BCUT2D eigenvalue weighted by Crippen LogP contribution is 2.20. The fraction of sp³-hybridized carbons (Fsp3) is 0.300. The molecule has 0 unspecified atom stereocenters. The van der Waals surface area contributed by atoms with E-state index in [0.717, 1.165) is 17.2 Å². The molecule has 7 nitrogen and oxygen atoms in total. The molecule has 9 heteroatoms. The summed E-state index contributed by atoms with van der Waals surface area (Å²) in [5, 5.41) is 4.03. The predicted octanol–water partition coefficient (Wildman–Crippen LogP) is 2.69. The molecule has 2 aromatic carbocycles. The standard InChI is InChI=1S/C20H21FN4O3S/c1-15-5-7-16(8-6-15)20-22-19(28-23-20)14-24-9-11-25(12-10-24)29(26,27)18-4-2-3-17(21)13-18/h2-8,13H,9-12,14H2,1H3. The average Bonchev–Trinajstić information content (AvgIpc) is 3.17. The van der Waals surface area contributed by atoms with Gasteiger partial charge in [0.05, 0.1) is 11.4 Å². The number of halogens is 1. The Bertz CT molecular complexity index is 1090. The van der Waals surface area contributed by atoms with Gasteiger partial charge in [-0.3, -0.25) is 4.90 Å². The van der Waals surface area contributed by atoms with Crippen molar-refractivity contribution in [2.24, 2.45) is 0 Å². The normalized spacial score (nSPS) is 16.2. The Hall–Kier alpha value is -2.62. The van der Waals surface area contributed by atoms with Gasteiger partial charge in [-0.1, -0.05) is 41.1 Å². The number of benzene rings is 2. The summed E-state index contributed by atoms with van der Waals surface area (Å²) in [6, 6.07) is 13.0. The molecule has 1 fully saturated rings. The second-order valence-corrected chi connectivity index (χ2v) is 8.95. The lowest BCUT2D eigenvalue weighted by Crippen LogP contribution is -2.48. The van der Waals surface area contributed by atoms with Crippen molar-refractivity contribution < 1.29 is 17.3 Å². The van der Waals surface area contributed by atoms with Crippen LogP contribution in [0.3, 0.4) is 0 Å². The molecular formula is C20H21FN4O3S. The summed E-state index contributed by atoms with van der Waals surface area (Å²) in [7, 11) is -3.70. The number of rotatable bonds is 5. The zero-order valence-electron chi connectivity index (χ0n) is 16.0. The van der Waals surface area contributed by atoms with E-state index in [1.54, 1.807) is 0 Å². The monoisotopic (exact) mass is 416 g/mol. The maximum absolute atomic E-state index is 13.4. The minimum atomic E-state index is -3.70. The third kappa shape index (κ3) is 4.36. The lowest BCUT2D eigenvalue weighted by Gasteiger charge is -2.33. The summed E-state index contributed by atoms with van der Waals surface area (Å²) in [6.07, 6.45) is 0. The van der Waals surface area contributed by atoms with Crippen LogP contribution in [0.15, 0.2) is 57.9 Å². The lowest BCUT2D eigenvalue weighted by atomic mass is 10.1. The first kappa shape index (κ1) is 19.7. The van der Waals surface area contributed by atoms with E-state index in [4.69, 9.17) is 4.52 Å². The van der Waals surface area contributed by atoms with Gasteiger partial charge in [0.1, 0.15) is 5.82 Å². The van der Waals surface area contributed by atoms with Gasteiger partial charge >= 0.3 is 0 Å². The molecule has 4 rings (SSSR count). The predicted molar refractivity (Wildman–Crippen MR) is 105 cm³/mol. The van der Waals surface area contributed by atoms with Crippen molar-refractivity contribution in [1.29, 1.82) is 0 Å². The number of hydrogen-bond donors (Lipinski definition) is 0. The largest absolute Gasteiger partial charge is 0.338 e. The van der Waals surface area contributed by atoms with Crippen LogP contribution in [-0.4, -0.2) is 53.9 Å². The molecule has 3 aromatic rings. The molecule has 0 bridgehead atoms. The number of piperazine rings is 1. The fourth-order valence-corrected chi connectivity index (χ4v) is 4.69. The van der Waals surface area contributed by atoms with Crippen molar-refractivity contribution in [2.45, 2.75) is 18.4 Å². The van der Waals surface area contributed by atoms with Crippen LogP contribution in [0.1, 0.15) is 11.5 Å². The summed E-state index contributed by atoms with van der Waals surface area (Å²) in [5.41, 5.74) is 2.04. The van der Waals surface area contributed by atoms with Crippen LogP contribution in [0.2, 0.25) is 0 Å². The van der Waals surface area contributed by atoms with Gasteiger partial charge in [0.2, 0.25) is 21.7 Å². The van der Waals surface area contributed by atoms with E-state index in [2.05, 4.69) is 15.0 Å². The van der Waals surface area contributed by atoms with Gasteiger partial charge in [-0.25, -0.2) is 12.8 Å². The summed E-state index contributed by atoms with van der Waals surface area (Å²) in [5.74, 6) is 0.458. The number of nitrogens with zero attached hydrogens (tertiary/aromatic N) is 4. The molecule has 0 radical (unpaired) electrons. The van der Waals surface area contributed by atoms with Crippen molar-refractivity contribution in [1.82, 2.24) is 19.3 Å². The molecule has 0 atom stereocenters. The fourth-order valence-electron chi connectivity index (χ4n) is 3.23. The molecule has 0 N–H and O–H groups in total. The molecule has 152 valence electrons. The number of hydrogen-bond acceptors (Lipinski definition) is 6. The maximum atomic E-state index is 13.4. The third-order valence-electron chi connectivity index (χ3n) is 4.90. The van der Waals surface area contributed by atoms with E-state index in [1.807, 2.05) is 31.2 Å². The van der Waals surface area contributed by atoms with Crippen LogP contribution >= 0.6 is 0 Å². The third-order valence-corrected chi connectivity index (χ3v) is 6.80. The summed E-state index contributed by atoms with van der Waals surface area (Å²) >= 11 is 0. The van der Waals surface area contributed by atoms with Gasteiger partial charge in [0.15, 0.2) is 0 Å². The molecule has 2 heterocycles. The van der Waals surface area contributed by atoms with E-state index >= 15 is 0 Å². The number of aromatic nitrogens is 2. The SMILES string of the molecule is Cc1ccc(-c2noc(CN3CCN(S(=O)(=O)c4cccc(F)c4)CC3)n2)cc1. The molecule has 1 saturated heterocycles. The summed E-state index contributed by atoms with van der Waals surface area (Å²) in [4.78, 5) is 6.47. The molecule has 0 saturated carbocycles. The van der Waals surface area contributed by atoms with Crippen molar-refractivity contribution in [3.05, 3.63) is 65.8 Å². The Morgan fingerprint density at radius 3 is 2.48 bits per heavy atom. The molecule has 29 heavy (non-hydrogen) atoms. The number of sulfonamides is 1. The van der Waals surface area contributed by atoms with E-state index in [-0.39, 0.29) is 4.90 Å². The van der Waals surface area contributed by atoms with E-state index in [0.29, 0.717) is 44.4 Å². The average molecular weight is 416 g/mol. The van der Waals surface area contributed by atoms with E-state index in [9.17, 15) is 12.8 Å². The van der Waals surface area contributed by atoms with Gasteiger partial charge < -0.3 is 4.52 Å².